The van der Waals surface area contributed by atoms with Crippen molar-refractivity contribution in [2.45, 2.75) is 57.1 Å². The number of nitrogens with zero attached hydrogens (tertiary/aromatic N) is 1. The third kappa shape index (κ3) is 8.23. The van der Waals surface area contributed by atoms with Gasteiger partial charge in [0.2, 0.25) is 11.8 Å². The quantitative estimate of drug-likeness (QED) is 0.422. The molecule has 0 radical (unpaired) electrons. The van der Waals surface area contributed by atoms with Crippen LogP contribution in [0.4, 0.5) is 0 Å². The Hall–Kier alpha value is -1.40. The van der Waals surface area contributed by atoms with Gasteiger partial charge >= 0.3 is 0 Å². The normalized spacial score (nSPS) is 12.4. The molecule has 31 heavy (non-hydrogen) atoms. The van der Waals surface area contributed by atoms with Crippen molar-refractivity contribution in [2.24, 2.45) is 0 Å². The van der Waals surface area contributed by atoms with E-state index in [9.17, 15) is 9.59 Å². The summed E-state index contributed by atoms with van der Waals surface area (Å²) in [5, 5.41) is 4.53. The van der Waals surface area contributed by atoms with Gasteiger partial charge < -0.3 is 10.2 Å². The van der Waals surface area contributed by atoms with Crippen LogP contribution in [0.15, 0.2) is 47.4 Å². The van der Waals surface area contributed by atoms with Crippen LogP contribution in [0.2, 0.25) is 15.1 Å². The van der Waals surface area contributed by atoms with E-state index in [4.69, 9.17) is 34.8 Å². The monoisotopic (exact) mass is 500 g/mol. The van der Waals surface area contributed by atoms with Gasteiger partial charge in [0.1, 0.15) is 6.04 Å². The smallest absolute Gasteiger partial charge is 0.242 e. The van der Waals surface area contributed by atoms with Crippen LogP contribution >= 0.6 is 46.6 Å². The van der Waals surface area contributed by atoms with Crippen molar-refractivity contribution in [1.82, 2.24) is 10.2 Å². The maximum atomic E-state index is 13.2. The molecule has 2 rings (SSSR count). The Kier molecular flexibility index (Phi) is 9.56. The second kappa shape index (κ2) is 11.5. The van der Waals surface area contributed by atoms with E-state index in [2.05, 4.69) is 5.32 Å². The van der Waals surface area contributed by atoms with Crippen molar-refractivity contribution in [3.63, 3.8) is 0 Å². The SMILES string of the molecule is C[C@@H](C(=O)NC(C)(C)C)N(Cc1c(Cl)cccc1Cl)C(=O)CCSc1ccc(Cl)cc1. The van der Waals surface area contributed by atoms with E-state index < -0.39 is 11.6 Å². The van der Waals surface area contributed by atoms with Gasteiger partial charge in [-0.15, -0.1) is 11.8 Å². The molecule has 0 aliphatic carbocycles. The molecule has 0 saturated carbocycles. The topological polar surface area (TPSA) is 49.4 Å². The van der Waals surface area contributed by atoms with Gasteiger partial charge in [-0.05, 0) is 64.1 Å². The summed E-state index contributed by atoms with van der Waals surface area (Å²) >= 11 is 20.1. The molecule has 0 fully saturated rings. The number of carbonyl (C=O) groups is 2. The Labute approximate surface area is 203 Å². The van der Waals surface area contributed by atoms with Crippen LogP contribution in [0, 0.1) is 0 Å². The second-order valence-electron chi connectivity index (χ2n) is 8.19. The lowest BCUT2D eigenvalue weighted by molar-refractivity contribution is -0.140. The van der Waals surface area contributed by atoms with Crippen LogP contribution < -0.4 is 5.32 Å². The molecule has 168 valence electrons. The highest BCUT2D eigenvalue weighted by atomic mass is 35.5. The molecule has 0 unspecified atom stereocenters. The molecule has 1 N–H and O–H groups in total. The summed E-state index contributed by atoms with van der Waals surface area (Å²) in [6.45, 7) is 7.57. The van der Waals surface area contributed by atoms with E-state index in [-0.39, 0.29) is 24.8 Å². The van der Waals surface area contributed by atoms with Crippen LogP contribution in [0.1, 0.15) is 39.7 Å². The van der Waals surface area contributed by atoms with Gasteiger partial charge in [0, 0.05) is 49.8 Å². The van der Waals surface area contributed by atoms with Gasteiger partial charge in [-0.25, -0.2) is 0 Å². The zero-order chi connectivity index (χ0) is 23.2. The van der Waals surface area contributed by atoms with Gasteiger partial charge in [0.05, 0.1) is 0 Å². The standard InChI is InChI=1S/C23H27Cl3N2O2S/c1-15(22(30)27-23(2,3)4)28(14-18-19(25)6-5-7-20(18)26)21(29)12-13-31-17-10-8-16(24)9-11-17/h5-11,15H,12-14H2,1-4H3,(H,27,30)/t15-/m0/s1. The van der Waals surface area contributed by atoms with Crippen molar-refractivity contribution >= 4 is 58.4 Å². The predicted molar refractivity (Wildman–Crippen MR) is 131 cm³/mol. The second-order valence-corrected chi connectivity index (χ2v) is 10.6. The molecule has 1 atom stereocenters. The van der Waals surface area contributed by atoms with E-state index in [1.807, 2.05) is 45.0 Å². The number of hydrogen-bond donors (Lipinski definition) is 1. The average Bonchev–Trinajstić information content (AvgIpc) is 2.67. The van der Waals surface area contributed by atoms with Crippen LogP contribution in [0.25, 0.3) is 0 Å². The number of hydrogen-bond acceptors (Lipinski definition) is 3. The molecule has 2 aromatic carbocycles. The highest BCUT2D eigenvalue weighted by Crippen LogP contribution is 2.27. The highest BCUT2D eigenvalue weighted by molar-refractivity contribution is 7.99. The number of carbonyl (C=O) groups excluding carboxylic acids is 2. The molecular formula is C23H27Cl3N2O2S. The van der Waals surface area contributed by atoms with Gasteiger partial charge in [0.15, 0.2) is 0 Å². The summed E-state index contributed by atoms with van der Waals surface area (Å²) in [6, 6.07) is 12.0. The lowest BCUT2D eigenvalue weighted by Gasteiger charge is -2.32. The first-order valence-corrected chi connectivity index (χ1v) is 12.0. The predicted octanol–water partition coefficient (Wildman–Crippen LogP) is 6.46. The van der Waals surface area contributed by atoms with E-state index in [0.717, 1.165) is 4.90 Å². The van der Waals surface area contributed by atoms with E-state index in [0.29, 0.717) is 26.4 Å². The van der Waals surface area contributed by atoms with Gasteiger partial charge in [-0.3, -0.25) is 9.59 Å². The number of nitrogens with one attached hydrogen (secondary N) is 1. The molecule has 2 amide bonds. The summed E-state index contributed by atoms with van der Waals surface area (Å²) in [5.41, 5.74) is 0.215. The van der Waals surface area contributed by atoms with E-state index in [1.54, 1.807) is 36.9 Å². The third-order valence-electron chi connectivity index (χ3n) is 4.45. The molecular weight excluding hydrogens is 475 g/mol. The highest BCUT2D eigenvalue weighted by Gasteiger charge is 2.29. The first kappa shape index (κ1) is 25.9. The summed E-state index contributed by atoms with van der Waals surface area (Å²) in [4.78, 5) is 28.5. The minimum Gasteiger partial charge on any atom is -0.350 e. The maximum absolute atomic E-state index is 13.2. The summed E-state index contributed by atoms with van der Waals surface area (Å²) in [7, 11) is 0. The largest absolute Gasteiger partial charge is 0.350 e. The van der Waals surface area contributed by atoms with Crippen LogP contribution in [-0.2, 0) is 16.1 Å². The van der Waals surface area contributed by atoms with Crippen molar-refractivity contribution in [3.8, 4) is 0 Å². The molecule has 0 saturated heterocycles. The van der Waals surface area contributed by atoms with Gasteiger partial charge in [-0.2, -0.15) is 0 Å². The zero-order valence-corrected chi connectivity index (χ0v) is 21.1. The maximum Gasteiger partial charge on any atom is 0.242 e. The molecule has 0 aliphatic heterocycles. The fourth-order valence-corrected chi connectivity index (χ4v) is 4.32. The average molecular weight is 502 g/mol. The first-order chi connectivity index (χ1) is 14.5. The molecule has 0 heterocycles. The number of amides is 2. The molecule has 4 nitrogen and oxygen atoms in total. The van der Waals surface area contributed by atoms with Crippen LogP contribution in [-0.4, -0.2) is 34.0 Å². The van der Waals surface area contributed by atoms with E-state index in [1.165, 1.54) is 4.90 Å². The molecule has 0 aliphatic rings. The number of thioether (sulfide) groups is 1. The molecule has 8 heteroatoms. The summed E-state index contributed by atoms with van der Waals surface area (Å²) in [5.74, 6) is 0.198. The van der Waals surface area contributed by atoms with Crippen molar-refractivity contribution in [3.05, 3.63) is 63.1 Å². The van der Waals surface area contributed by atoms with Gasteiger partial charge in [-0.1, -0.05) is 40.9 Å². The lowest BCUT2D eigenvalue weighted by Crippen LogP contribution is -2.52. The summed E-state index contributed by atoms with van der Waals surface area (Å²) < 4.78 is 0. The minimum absolute atomic E-state index is 0.144. The number of rotatable bonds is 8. The van der Waals surface area contributed by atoms with Crippen molar-refractivity contribution in [2.75, 3.05) is 5.75 Å². The van der Waals surface area contributed by atoms with Crippen molar-refractivity contribution < 1.29 is 9.59 Å². The number of halogens is 3. The minimum atomic E-state index is -0.681. The fraction of sp³-hybridized carbons (Fsp3) is 0.391. The van der Waals surface area contributed by atoms with Crippen LogP contribution in [0.5, 0.6) is 0 Å². The Morgan fingerprint density at radius 3 is 2.16 bits per heavy atom. The Morgan fingerprint density at radius 1 is 1.03 bits per heavy atom. The summed E-state index contributed by atoms with van der Waals surface area (Å²) in [6.07, 6.45) is 0.266. The molecule has 0 aromatic heterocycles. The fourth-order valence-electron chi connectivity index (χ4n) is 2.84. The van der Waals surface area contributed by atoms with Crippen molar-refractivity contribution in [1.29, 1.82) is 0 Å². The zero-order valence-electron chi connectivity index (χ0n) is 18.0. The van der Waals surface area contributed by atoms with Crippen LogP contribution in [0.3, 0.4) is 0 Å². The third-order valence-corrected chi connectivity index (χ3v) is 6.43. The molecule has 2 aromatic rings. The lowest BCUT2D eigenvalue weighted by atomic mass is 10.1. The Bertz CT molecular complexity index is 894. The van der Waals surface area contributed by atoms with E-state index >= 15 is 0 Å². The Balaban J connectivity index is 2.16. The number of benzene rings is 2. The Morgan fingerprint density at radius 2 is 1.61 bits per heavy atom. The van der Waals surface area contributed by atoms with Gasteiger partial charge in [0.25, 0.3) is 0 Å². The molecule has 0 spiro atoms. The first-order valence-electron chi connectivity index (χ1n) is 9.90. The molecule has 0 bridgehead atoms.